The van der Waals surface area contributed by atoms with Crippen molar-refractivity contribution in [1.82, 2.24) is 25.1 Å². The van der Waals surface area contributed by atoms with Crippen molar-refractivity contribution in [2.45, 2.75) is 13.0 Å². The number of aromatic nitrogens is 4. The monoisotopic (exact) mass is 421 g/mol. The Balaban J connectivity index is 1.20. The molecule has 31 heavy (non-hydrogen) atoms. The van der Waals surface area contributed by atoms with E-state index in [9.17, 15) is 4.79 Å². The fraction of sp³-hybridized carbons (Fsp3) is 0.333. The van der Waals surface area contributed by atoms with E-state index in [0.717, 1.165) is 31.9 Å². The lowest BCUT2D eigenvalue weighted by Crippen LogP contribution is -2.53. The highest BCUT2D eigenvalue weighted by Crippen LogP contribution is 2.34. The summed E-state index contributed by atoms with van der Waals surface area (Å²) in [6.07, 6.45) is 0. The Labute approximate surface area is 179 Å². The first-order valence-electron chi connectivity index (χ1n) is 10.2. The number of amides is 1. The highest BCUT2D eigenvalue weighted by Gasteiger charge is 2.28. The highest BCUT2D eigenvalue weighted by atomic mass is 16.7. The largest absolute Gasteiger partial charge is 0.454 e. The molecule has 160 valence electrons. The molecule has 1 saturated heterocycles. The fourth-order valence-electron chi connectivity index (χ4n) is 3.81. The molecule has 0 aliphatic carbocycles. The van der Waals surface area contributed by atoms with Crippen LogP contribution < -0.4 is 19.7 Å². The van der Waals surface area contributed by atoms with Crippen LogP contribution in [0.25, 0.3) is 5.69 Å². The Bertz CT molecular complexity index is 1060. The predicted molar refractivity (Wildman–Crippen MR) is 114 cm³/mol. The molecule has 10 heteroatoms. The van der Waals surface area contributed by atoms with E-state index in [1.165, 1.54) is 0 Å². The normalized spacial score (nSPS) is 16.9. The van der Waals surface area contributed by atoms with Crippen LogP contribution in [0.1, 0.15) is 6.92 Å². The number of piperazine rings is 1. The summed E-state index contributed by atoms with van der Waals surface area (Å²) in [5.41, 5.74) is 1.61. The van der Waals surface area contributed by atoms with Gasteiger partial charge < -0.3 is 19.7 Å². The van der Waals surface area contributed by atoms with Crippen LogP contribution in [-0.2, 0) is 4.79 Å². The van der Waals surface area contributed by atoms with E-state index in [-0.39, 0.29) is 18.7 Å². The Morgan fingerprint density at radius 2 is 1.81 bits per heavy atom. The Morgan fingerprint density at radius 3 is 2.61 bits per heavy atom. The minimum atomic E-state index is -0.266. The number of nitrogens with one attached hydrogen (secondary N) is 1. The highest BCUT2D eigenvalue weighted by molar-refractivity contribution is 5.94. The predicted octanol–water partition coefficient (Wildman–Crippen LogP) is 1.54. The van der Waals surface area contributed by atoms with Gasteiger partial charge in [0.2, 0.25) is 18.6 Å². The molecule has 1 unspecified atom stereocenters. The molecule has 0 saturated carbocycles. The van der Waals surface area contributed by atoms with Crippen molar-refractivity contribution in [3.63, 3.8) is 0 Å². The maximum Gasteiger partial charge on any atom is 0.250 e. The third-order valence-corrected chi connectivity index (χ3v) is 5.62. The van der Waals surface area contributed by atoms with Gasteiger partial charge in [0.1, 0.15) is 0 Å². The molecule has 2 aromatic carbocycles. The van der Waals surface area contributed by atoms with Crippen molar-refractivity contribution < 1.29 is 14.3 Å². The van der Waals surface area contributed by atoms with Crippen molar-refractivity contribution >= 4 is 17.5 Å². The Hall–Kier alpha value is -3.66. The molecule has 2 aliphatic heterocycles. The molecular formula is C21H23N7O3. The molecule has 1 amide bonds. The van der Waals surface area contributed by atoms with Gasteiger partial charge in [-0.2, -0.15) is 4.68 Å². The van der Waals surface area contributed by atoms with E-state index in [0.29, 0.717) is 23.1 Å². The summed E-state index contributed by atoms with van der Waals surface area (Å²) in [5.74, 6) is 2.00. The van der Waals surface area contributed by atoms with E-state index in [1.54, 1.807) is 16.8 Å². The van der Waals surface area contributed by atoms with Crippen molar-refractivity contribution in [2.24, 2.45) is 0 Å². The molecule has 1 fully saturated rings. The summed E-state index contributed by atoms with van der Waals surface area (Å²) in [6.45, 7) is 5.06. The summed E-state index contributed by atoms with van der Waals surface area (Å²) in [6, 6.07) is 15.0. The molecule has 1 aromatic heterocycles. The third-order valence-electron chi connectivity index (χ3n) is 5.62. The van der Waals surface area contributed by atoms with Gasteiger partial charge in [0.15, 0.2) is 11.5 Å². The number of fused-ring (bicyclic) bond motifs is 1. The number of rotatable bonds is 5. The topological polar surface area (TPSA) is 97.6 Å². The van der Waals surface area contributed by atoms with Crippen LogP contribution in [0, 0.1) is 0 Å². The minimum absolute atomic E-state index is 0.0542. The van der Waals surface area contributed by atoms with Crippen LogP contribution in [0.2, 0.25) is 0 Å². The number of benzene rings is 2. The summed E-state index contributed by atoms with van der Waals surface area (Å²) >= 11 is 0. The van der Waals surface area contributed by atoms with Gasteiger partial charge >= 0.3 is 0 Å². The molecule has 1 N–H and O–H groups in total. The first-order valence-corrected chi connectivity index (χ1v) is 10.2. The molecule has 0 radical (unpaired) electrons. The van der Waals surface area contributed by atoms with Gasteiger partial charge in [-0.15, -0.1) is 0 Å². The molecule has 10 nitrogen and oxygen atoms in total. The second-order valence-corrected chi connectivity index (χ2v) is 7.48. The molecule has 3 aromatic rings. The van der Waals surface area contributed by atoms with E-state index in [2.05, 4.69) is 30.6 Å². The Morgan fingerprint density at radius 1 is 1.03 bits per heavy atom. The fourth-order valence-corrected chi connectivity index (χ4v) is 3.81. The number of carbonyl (C=O) groups excluding carboxylic acids is 1. The number of anilines is 2. The maximum atomic E-state index is 12.8. The summed E-state index contributed by atoms with van der Waals surface area (Å²) in [5, 5.41) is 15.2. The number of ether oxygens (including phenoxy) is 2. The molecule has 1 atom stereocenters. The van der Waals surface area contributed by atoms with E-state index in [4.69, 9.17) is 9.47 Å². The average Bonchev–Trinajstić information content (AvgIpc) is 3.48. The number of hydrogen-bond donors (Lipinski definition) is 1. The molecule has 2 aliphatic rings. The summed E-state index contributed by atoms with van der Waals surface area (Å²) in [4.78, 5) is 17.1. The molecule has 0 bridgehead atoms. The first kappa shape index (κ1) is 19.3. The lowest BCUT2D eigenvalue weighted by molar-refractivity contribution is -0.120. The second-order valence-electron chi connectivity index (χ2n) is 7.48. The quantitative estimate of drug-likeness (QED) is 0.663. The standard InChI is InChI=1S/C21H23N7O3/c1-15(20(29)22-16-7-8-18-19(13-16)31-14-30-18)26-9-11-27(12-10-26)21-23-24-25-28(21)17-5-3-2-4-6-17/h2-8,13,15H,9-12,14H2,1H3,(H,22,29). The zero-order valence-corrected chi connectivity index (χ0v) is 17.1. The lowest BCUT2D eigenvalue weighted by atomic mass is 10.2. The number of nitrogens with zero attached hydrogens (tertiary/aromatic N) is 6. The number of tetrazole rings is 1. The van der Waals surface area contributed by atoms with Gasteiger partial charge in [0, 0.05) is 37.9 Å². The Kier molecular flexibility index (Phi) is 5.13. The van der Waals surface area contributed by atoms with E-state index >= 15 is 0 Å². The SMILES string of the molecule is CC(C(=O)Nc1ccc2c(c1)OCO2)N1CCN(c2nnnn2-c2ccccc2)CC1. The van der Waals surface area contributed by atoms with Crippen molar-refractivity contribution in [2.75, 3.05) is 43.2 Å². The number of hydrogen-bond acceptors (Lipinski definition) is 8. The summed E-state index contributed by atoms with van der Waals surface area (Å²) < 4.78 is 12.4. The number of para-hydroxylation sites is 1. The average molecular weight is 421 g/mol. The molecule has 0 spiro atoms. The van der Waals surface area contributed by atoms with Gasteiger partial charge in [0.05, 0.1) is 11.7 Å². The van der Waals surface area contributed by atoms with Crippen molar-refractivity contribution in [3.05, 3.63) is 48.5 Å². The van der Waals surface area contributed by atoms with E-state index in [1.807, 2.05) is 43.3 Å². The van der Waals surface area contributed by atoms with Crippen molar-refractivity contribution in [1.29, 1.82) is 0 Å². The van der Waals surface area contributed by atoms with E-state index < -0.39 is 0 Å². The van der Waals surface area contributed by atoms with Crippen LogP contribution in [-0.4, -0.2) is 70.0 Å². The van der Waals surface area contributed by atoms with Gasteiger partial charge in [-0.1, -0.05) is 23.3 Å². The first-order chi connectivity index (χ1) is 15.2. The van der Waals surface area contributed by atoms with Gasteiger partial charge in [-0.05, 0) is 41.6 Å². The number of carbonyl (C=O) groups is 1. The second kappa shape index (κ2) is 8.23. The van der Waals surface area contributed by atoms with Crippen LogP contribution >= 0.6 is 0 Å². The van der Waals surface area contributed by atoms with Crippen LogP contribution in [0.3, 0.4) is 0 Å². The smallest absolute Gasteiger partial charge is 0.250 e. The van der Waals surface area contributed by atoms with Crippen molar-refractivity contribution in [3.8, 4) is 17.2 Å². The zero-order chi connectivity index (χ0) is 21.2. The molecule has 3 heterocycles. The minimum Gasteiger partial charge on any atom is -0.454 e. The van der Waals surface area contributed by atoms with Gasteiger partial charge in [0.25, 0.3) is 0 Å². The van der Waals surface area contributed by atoms with Gasteiger partial charge in [-0.25, -0.2) is 0 Å². The summed E-state index contributed by atoms with van der Waals surface area (Å²) in [7, 11) is 0. The lowest BCUT2D eigenvalue weighted by Gasteiger charge is -2.37. The van der Waals surface area contributed by atoms with Crippen LogP contribution in [0.4, 0.5) is 11.6 Å². The molecule has 5 rings (SSSR count). The molecular weight excluding hydrogens is 398 g/mol. The van der Waals surface area contributed by atoms with Gasteiger partial charge in [-0.3, -0.25) is 9.69 Å². The van der Waals surface area contributed by atoms with Crippen LogP contribution in [0.5, 0.6) is 11.5 Å². The zero-order valence-electron chi connectivity index (χ0n) is 17.1. The maximum absolute atomic E-state index is 12.8. The van der Waals surface area contributed by atoms with Crippen LogP contribution in [0.15, 0.2) is 48.5 Å². The third kappa shape index (κ3) is 3.89.